The minimum atomic E-state index is -1.94. The Balaban J connectivity index is 2.26. The first-order valence-electron chi connectivity index (χ1n) is 23.0. The van der Waals surface area contributed by atoms with Crippen molar-refractivity contribution in [2.45, 2.75) is 162 Å². The van der Waals surface area contributed by atoms with Crippen LogP contribution in [0.3, 0.4) is 0 Å². The maximum Gasteiger partial charge on any atom is 0.329 e. The van der Waals surface area contributed by atoms with Crippen molar-refractivity contribution in [3.8, 4) is 5.75 Å². The van der Waals surface area contributed by atoms with Crippen molar-refractivity contribution >= 4 is 41.4 Å². The molecule has 0 spiro atoms. The predicted octanol–water partition coefficient (Wildman–Crippen LogP) is 3.66. The molecule has 0 aromatic heterocycles. The molecule has 358 valence electrons. The smallest absolute Gasteiger partial charge is 0.329 e. The van der Waals surface area contributed by atoms with Crippen LogP contribution in [0.2, 0.25) is 0 Å². The van der Waals surface area contributed by atoms with Crippen molar-refractivity contribution < 1.29 is 43.0 Å². The number of fused-ring (bicyclic) bond motifs is 1. The fraction of sp³-hybridized carbons (Fsp3) is 0.688. The van der Waals surface area contributed by atoms with Gasteiger partial charge in [-0.25, -0.2) is 4.79 Å². The van der Waals surface area contributed by atoms with Gasteiger partial charge in [-0.1, -0.05) is 80.5 Å². The minimum absolute atomic E-state index is 0.0131. The van der Waals surface area contributed by atoms with E-state index in [2.05, 4.69) is 33.2 Å². The maximum atomic E-state index is 14.9. The molecule has 3 rings (SSSR count). The molecule has 1 aromatic rings. The number of nitrogens with zero attached hydrogens (tertiary/aromatic N) is 2. The number of cyclic esters (lactones) is 1. The molecule has 2 fully saturated rings. The van der Waals surface area contributed by atoms with Gasteiger partial charge in [0.25, 0.3) is 0 Å². The lowest BCUT2D eigenvalue weighted by Crippen LogP contribution is -2.67. The second-order valence-electron chi connectivity index (χ2n) is 18.9. The lowest BCUT2D eigenvalue weighted by molar-refractivity contribution is -0.163. The third kappa shape index (κ3) is 14.0. The SMILES string of the molecule is C=C[C@H]1OC(=O)[C@H](Cc2ccc(OC)cc2)N(C)C(=O)[C@@H]2CCCN2C(=O)[C@H](CC(C)C)NC(=O)[C@H](C(C)C)NC(=O)CC[C@@H]([C@@H](C)CC)NC(=O)[C@]1(C)NC(=O)[C@@H](CC(C)C)NC. The maximum absolute atomic E-state index is 14.9. The summed E-state index contributed by atoms with van der Waals surface area (Å²) in [5.74, 6) is -3.78. The number of methoxy groups -OCH3 is 1. The summed E-state index contributed by atoms with van der Waals surface area (Å²) in [6.07, 6.45) is 2.09. The Morgan fingerprint density at radius 3 is 2.17 bits per heavy atom. The van der Waals surface area contributed by atoms with Gasteiger partial charge < -0.3 is 45.9 Å². The first-order valence-corrected chi connectivity index (χ1v) is 23.0. The number of benzene rings is 1. The van der Waals surface area contributed by atoms with Crippen molar-refractivity contribution in [3.63, 3.8) is 0 Å². The van der Waals surface area contributed by atoms with Gasteiger partial charge in [0, 0.05) is 32.5 Å². The highest BCUT2D eigenvalue weighted by Crippen LogP contribution is 2.27. The lowest BCUT2D eigenvalue weighted by atomic mass is 9.89. The zero-order valence-corrected chi connectivity index (χ0v) is 40.4. The molecule has 2 aliphatic heterocycles. The average Bonchev–Trinajstić information content (AvgIpc) is 3.75. The Labute approximate surface area is 381 Å². The van der Waals surface area contributed by atoms with Crippen LogP contribution in [0.15, 0.2) is 36.9 Å². The van der Waals surface area contributed by atoms with E-state index in [0.717, 1.165) is 0 Å². The fourth-order valence-corrected chi connectivity index (χ4v) is 8.40. The fourth-order valence-electron chi connectivity index (χ4n) is 8.40. The highest BCUT2D eigenvalue weighted by molar-refractivity contribution is 5.97. The van der Waals surface area contributed by atoms with E-state index in [1.165, 1.54) is 37.0 Å². The molecule has 16 nitrogen and oxygen atoms in total. The van der Waals surface area contributed by atoms with Gasteiger partial charge in [0.05, 0.1) is 13.2 Å². The number of esters is 1. The number of ether oxygens (including phenoxy) is 2. The highest BCUT2D eigenvalue weighted by atomic mass is 16.5. The molecule has 0 bridgehead atoms. The Bertz CT molecular complexity index is 1790. The van der Waals surface area contributed by atoms with Gasteiger partial charge in [-0.3, -0.25) is 28.8 Å². The van der Waals surface area contributed by atoms with Crippen LogP contribution in [-0.2, 0) is 44.7 Å². The van der Waals surface area contributed by atoms with Crippen molar-refractivity contribution in [1.82, 2.24) is 36.4 Å². The molecule has 0 radical (unpaired) electrons. The third-order valence-electron chi connectivity index (χ3n) is 12.7. The van der Waals surface area contributed by atoms with Crippen LogP contribution in [0.5, 0.6) is 5.75 Å². The number of hydrogen-bond acceptors (Lipinski definition) is 10. The number of carbonyl (C=O) groups excluding carboxylic acids is 7. The molecule has 0 aliphatic carbocycles. The largest absolute Gasteiger partial charge is 0.497 e. The Kier molecular flexibility index (Phi) is 20.3. The first-order chi connectivity index (χ1) is 30.1. The summed E-state index contributed by atoms with van der Waals surface area (Å²) in [5.41, 5.74) is -1.28. The van der Waals surface area contributed by atoms with E-state index in [4.69, 9.17) is 9.47 Å². The number of likely N-dealkylation sites (N-methyl/N-ethyl adjacent to an activating group) is 2. The van der Waals surface area contributed by atoms with Crippen LogP contribution in [-0.4, -0.2) is 127 Å². The lowest BCUT2D eigenvalue weighted by Gasteiger charge is -2.39. The predicted molar refractivity (Wildman–Crippen MR) is 246 cm³/mol. The van der Waals surface area contributed by atoms with Gasteiger partial charge in [0.2, 0.25) is 35.4 Å². The van der Waals surface area contributed by atoms with Gasteiger partial charge in [-0.15, -0.1) is 0 Å². The molecule has 0 unspecified atom stereocenters. The number of hydrogen-bond donors (Lipinski definition) is 5. The highest BCUT2D eigenvalue weighted by Gasteiger charge is 2.48. The number of carbonyl (C=O) groups is 7. The zero-order valence-electron chi connectivity index (χ0n) is 40.4. The van der Waals surface area contributed by atoms with Crippen LogP contribution in [0.4, 0.5) is 0 Å². The quantitative estimate of drug-likeness (QED) is 0.136. The molecule has 9 atom stereocenters. The van der Waals surface area contributed by atoms with E-state index in [-0.39, 0.29) is 55.9 Å². The third-order valence-corrected chi connectivity index (χ3v) is 12.7. The van der Waals surface area contributed by atoms with E-state index in [1.807, 2.05) is 41.5 Å². The molecular formula is C48H77N7O9. The van der Waals surface area contributed by atoms with E-state index < -0.39 is 89.3 Å². The Hall–Kier alpha value is -4.99. The molecule has 0 saturated carbocycles. The van der Waals surface area contributed by atoms with Crippen molar-refractivity contribution in [2.75, 3.05) is 27.7 Å². The first kappa shape index (κ1) is 53.3. The molecule has 6 amide bonds. The summed E-state index contributed by atoms with van der Waals surface area (Å²) in [6.45, 7) is 21.0. The topological polar surface area (TPSA) is 205 Å². The Morgan fingerprint density at radius 1 is 0.969 bits per heavy atom. The summed E-state index contributed by atoms with van der Waals surface area (Å²) >= 11 is 0. The minimum Gasteiger partial charge on any atom is -0.497 e. The van der Waals surface area contributed by atoms with Crippen LogP contribution in [0, 0.1) is 23.7 Å². The molecular weight excluding hydrogens is 819 g/mol. The molecule has 2 saturated heterocycles. The summed E-state index contributed by atoms with van der Waals surface area (Å²) in [5, 5.41) is 14.8. The summed E-state index contributed by atoms with van der Waals surface area (Å²) in [7, 11) is 4.66. The van der Waals surface area contributed by atoms with Gasteiger partial charge >= 0.3 is 5.97 Å². The number of amides is 6. The number of rotatable bonds is 14. The second kappa shape index (κ2) is 24.3. The summed E-state index contributed by atoms with van der Waals surface area (Å²) in [4.78, 5) is 103. The average molecular weight is 896 g/mol. The molecule has 64 heavy (non-hydrogen) atoms. The van der Waals surface area contributed by atoms with Crippen LogP contribution < -0.4 is 31.3 Å². The van der Waals surface area contributed by atoms with Crippen LogP contribution in [0.1, 0.15) is 113 Å². The molecule has 1 aromatic carbocycles. The van der Waals surface area contributed by atoms with Crippen LogP contribution >= 0.6 is 0 Å². The van der Waals surface area contributed by atoms with Gasteiger partial charge in [0.1, 0.15) is 29.9 Å². The van der Waals surface area contributed by atoms with Gasteiger partial charge in [0.15, 0.2) is 11.6 Å². The van der Waals surface area contributed by atoms with E-state index in [0.29, 0.717) is 37.0 Å². The van der Waals surface area contributed by atoms with Gasteiger partial charge in [-0.2, -0.15) is 0 Å². The summed E-state index contributed by atoms with van der Waals surface area (Å²) < 4.78 is 11.6. The standard InChI is InChI=1S/C48H77N7O9/c1-14-31(9)34-22-23-40(56)52-41(30(7)8)43(58)50-36(26-29(5)6)44(59)55-24-16-17-37(55)45(60)54(12)38(27-32-18-20-33(63-13)21-19-32)46(61)64-39(15-2)48(10,47(62)51-34)53-42(57)35(49-11)25-28(3)4/h15,18-21,28-31,34-39,41,49H,2,14,16-17,22-27H2,1,3-13H3,(H,50,58)(H,51,62)(H,52,56)(H,53,57)/t31-,34-,35+,36-,37-,38-,39+,41-,48+/m0/s1. The molecule has 2 aliphatic rings. The van der Waals surface area contributed by atoms with Gasteiger partial charge in [-0.05, 0) is 93.5 Å². The molecule has 2 heterocycles. The molecule has 5 N–H and O–H groups in total. The molecule has 16 heteroatoms. The van der Waals surface area contributed by atoms with Crippen molar-refractivity contribution in [2.24, 2.45) is 23.7 Å². The van der Waals surface area contributed by atoms with E-state index in [1.54, 1.807) is 45.2 Å². The number of nitrogens with one attached hydrogen (secondary N) is 5. The Morgan fingerprint density at radius 2 is 1.62 bits per heavy atom. The zero-order chi connectivity index (χ0) is 48.1. The summed E-state index contributed by atoms with van der Waals surface area (Å²) in [6, 6.07) is 1.49. The van der Waals surface area contributed by atoms with E-state index >= 15 is 0 Å². The van der Waals surface area contributed by atoms with Crippen molar-refractivity contribution in [3.05, 3.63) is 42.5 Å². The van der Waals surface area contributed by atoms with E-state index in [9.17, 15) is 33.6 Å². The second-order valence-corrected chi connectivity index (χ2v) is 18.9. The van der Waals surface area contributed by atoms with Crippen LogP contribution in [0.25, 0.3) is 0 Å². The normalized spacial score (nSPS) is 26.9. The monoisotopic (exact) mass is 896 g/mol. The van der Waals surface area contributed by atoms with Crippen molar-refractivity contribution in [1.29, 1.82) is 0 Å².